The molecule has 148 valence electrons. The van der Waals surface area contributed by atoms with Crippen molar-refractivity contribution in [3.63, 3.8) is 0 Å². The molecule has 2 aromatic heterocycles. The van der Waals surface area contributed by atoms with Gasteiger partial charge in [0.1, 0.15) is 5.82 Å². The van der Waals surface area contributed by atoms with Crippen LogP contribution in [0.4, 0.5) is 13.2 Å². The maximum atomic E-state index is 14.5. The van der Waals surface area contributed by atoms with Gasteiger partial charge >= 0.3 is 0 Å². The van der Waals surface area contributed by atoms with Crippen molar-refractivity contribution in [2.24, 2.45) is 10.7 Å². The molecule has 1 aliphatic rings. The molecule has 0 radical (unpaired) electrons. The number of pyridine rings is 1. The Balaban J connectivity index is 1.98. The highest BCUT2D eigenvalue weighted by atomic mass is 32.1. The van der Waals surface area contributed by atoms with Gasteiger partial charge in [-0.1, -0.05) is 6.07 Å². The third-order valence-corrected chi connectivity index (χ3v) is 5.56. The fourth-order valence-corrected chi connectivity index (χ4v) is 3.89. The van der Waals surface area contributed by atoms with E-state index in [1.54, 1.807) is 5.51 Å². The van der Waals surface area contributed by atoms with E-state index in [-0.39, 0.29) is 28.2 Å². The van der Waals surface area contributed by atoms with Gasteiger partial charge in [-0.3, -0.25) is 19.7 Å². The lowest BCUT2D eigenvalue weighted by molar-refractivity contribution is -0.129. The molecular formula is C19H14F3N5OS. The monoisotopic (exact) mass is 417 g/mol. The summed E-state index contributed by atoms with van der Waals surface area (Å²) in [4.78, 5) is 27.0. The summed E-state index contributed by atoms with van der Waals surface area (Å²) < 4.78 is 41.0. The number of aromatic nitrogens is 2. The van der Waals surface area contributed by atoms with Crippen LogP contribution in [0.15, 0.2) is 53.4 Å². The van der Waals surface area contributed by atoms with Gasteiger partial charge in [-0.2, -0.15) is 0 Å². The van der Waals surface area contributed by atoms with Crippen molar-refractivity contribution in [2.45, 2.75) is 12.0 Å². The standard InChI is InChI=1S/C19H14F3N5OS/c1-27-17(28)19(26-18(27)23,12-4-10(16(21)22)6-24-7-12)11-2-3-14(20)13(5-11)15-8-25-9-29-15/h2-9,16H,1H3,(H2,23,26). The first-order valence-corrected chi connectivity index (χ1v) is 9.28. The summed E-state index contributed by atoms with van der Waals surface area (Å²) in [5.74, 6) is -1.14. The Kier molecular flexibility index (Phi) is 4.58. The van der Waals surface area contributed by atoms with Crippen molar-refractivity contribution in [3.05, 3.63) is 70.9 Å². The lowest BCUT2D eigenvalue weighted by Gasteiger charge is -2.26. The molecule has 1 aliphatic heterocycles. The lowest BCUT2D eigenvalue weighted by Crippen LogP contribution is -2.41. The van der Waals surface area contributed by atoms with Crippen LogP contribution >= 0.6 is 11.3 Å². The molecule has 0 saturated heterocycles. The molecule has 1 aromatic carbocycles. The molecule has 3 heterocycles. The van der Waals surface area contributed by atoms with Crippen LogP contribution in [0.5, 0.6) is 0 Å². The number of carbonyl (C=O) groups excluding carboxylic acids is 1. The summed E-state index contributed by atoms with van der Waals surface area (Å²) in [6.07, 6.45) is 1.02. The van der Waals surface area contributed by atoms with E-state index in [9.17, 15) is 18.0 Å². The van der Waals surface area contributed by atoms with Crippen molar-refractivity contribution in [1.29, 1.82) is 0 Å². The molecular weight excluding hydrogens is 403 g/mol. The smallest absolute Gasteiger partial charge is 0.266 e. The first kappa shape index (κ1) is 19.1. The van der Waals surface area contributed by atoms with E-state index in [0.29, 0.717) is 4.88 Å². The zero-order valence-corrected chi connectivity index (χ0v) is 15.8. The topological polar surface area (TPSA) is 84.5 Å². The van der Waals surface area contributed by atoms with Gasteiger partial charge < -0.3 is 5.73 Å². The van der Waals surface area contributed by atoms with Gasteiger partial charge in [-0.25, -0.2) is 18.2 Å². The van der Waals surface area contributed by atoms with E-state index in [2.05, 4.69) is 15.0 Å². The molecule has 0 spiro atoms. The molecule has 6 nitrogen and oxygen atoms in total. The first-order valence-electron chi connectivity index (χ1n) is 8.40. The normalized spacial score (nSPS) is 19.1. The molecule has 0 bridgehead atoms. The number of hydrogen-bond acceptors (Lipinski definition) is 6. The molecule has 1 unspecified atom stereocenters. The molecule has 10 heteroatoms. The third kappa shape index (κ3) is 2.96. The van der Waals surface area contributed by atoms with Gasteiger partial charge in [0.05, 0.1) is 10.4 Å². The average molecular weight is 417 g/mol. The Labute approximate surface area is 167 Å². The summed E-state index contributed by atoms with van der Waals surface area (Å²) in [7, 11) is 1.43. The van der Waals surface area contributed by atoms with Crippen LogP contribution in [0, 0.1) is 5.82 Å². The summed E-state index contributed by atoms with van der Waals surface area (Å²) in [5.41, 5.74) is 5.96. The minimum absolute atomic E-state index is 0.0823. The predicted molar refractivity (Wildman–Crippen MR) is 102 cm³/mol. The van der Waals surface area contributed by atoms with Gasteiger partial charge in [0.2, 0.25) is 0 Å². The molecule has 3 aromatic rings. The van der Waals surface area contributed by atoms with Gasteiger partial charge in [-0.05, 0) is 23.8 Å². The molecule has 4 rings (SSSR count). The fourth-order valence-electron chi connectivity index (χ4n) is 3.25. The summed E-state index contributed by atoms with van der Waals surface area (Å²) in [5, 5.41) is 0. The van der Waals surface area contributed by atoms with Crippen molar-refractivity contribution in [3.8, 4) is 10.4 Å². The van der Waals surface area contributed by atoms with Crippen molar-refractivity contribution in [2.75, 3.05) is 7.05 Å². The summed E-state index contributed by atoms with van der Waals surface area (Å²) >= 11 is 1.23. The van der Waals surface area contributed by atoms with Gasteiger partial charge in [-0.15, -0.1) is 11.3 Å². The van der Waals surface area contributed by atoms with E-state index in [4.69, 9.17) is 5.73 Å². The Hall–Kier alpha value is -3.27. The number of guanidine groups is 1. The number of thiazole rings is 1. The molecule has 0 aliphatic carbocycles. The van der Waals surface area contributed by atoms with Crippen LogP contribution in [0.3, 0.4) is 0 Å². The number of rotatable bonds is 4. The predicted octanol–water partition coefficient (Wildman–Crippen LogP) is 3.31. The van der Waals surface area contributed by atoms with Gasteiger partial charge in [0, 0.05) is 42.3 Å². The van der Waals surface area contributed by atoms with Crippen molar-refractivity contribution in [1.82, 2.24) is 14.9 Å². The van der Waals surface area contributed by atoms with Crippen molar-refractivity contribution >= 4 is 23.2 Å². The highest BCUT2D eigenvalue weighted by Gasteiger charge is 2.50. The van der Waals surface area contributed by atoms with E-state index >= 15 is 0 Å². The number of alkyl halides is 2. The number of carbonyl (C=O) groups is 1. The first-order chi connectivity index (χ1) is 13.8. The number of nitrogens with two attached hydrogens (primary N) is 1. The van der Waals surface area contributed by atoms with Crippen LogP contribution in [-0.2, 0) is 10.3 Å². The highest BCUT2D eigenvalue weighted by molar-refractivity contribution is 7.13. The van der Waals surface area contributed by atoms with Crippen molar-refractivity contribution < 1.29 is 18.0 Å². The minimum atomic E-state index is -2.78. The average Bonchev–Trinajstić information content (AvgIpc) is 3.32. The van der Waals surface area contributed by atoms with Crippen LogP contribution in [0.2, 0.25) is 0 Å². The zero-order valence-electron chi connectivity index (χ0n) is 15.0. The zero-order chi connectivity index (χ0) is 20.8. The van der Waals surface area contributed by atoms with Crippen LogP contribution < -0.4 is 5.73 Å². The van der Waals surface area contributed by atoms with Gasteiger partial charge in [0.15, 0.2) is 11.5 Å². The van der Waals surface area contributed by atoms with Gasteiger partial charge in [0.25, 0.3) is 12.3 Å². The maximum Gasteiger partial charge on any atom is 0.266 e. The molecule has 1 amide bonds. The highest BCUT2D eigenvalue weighted by Crippen LogP contribution is 2.42. The number of amides is 1. The number of hydrogen-bond donors (Lipinski definition) is 1. The van der Waals surface area contributed by atoms with Crippen LogP contribution in [-0.4, -0.2) is 33.8 Å². The number of benzene rings is 1. The van der Waals surface area contributed by atoms with E-state index in [1.807, 2.05) is 0 Å². The second-order valence-electron chi connectivity index (χ2n) is 6.41. The lowest BCUT2D eigenvalue weighted by atomic mass is 9.82. The molecule has 0 saturated carbocycles. The van der Waals surface area contributed by atoms with Crippen LogP contribution in [0.25, 0.3) is 10.4 Å². The fraction of sp³-hybridized carbons (Fsp3) is 0.158. The maximum absolute atomic E-state index is 14.5. The molecule has 1 atom stereocenters. The molecule has 29 heavy (non-hydrogen) atoms. The SMILES string of the molecule is CN1C(=O)C(c2cncc(C(F)F)c2)(c2ccc(F)c(-c3cncs3)c2)N=C1N. The Morgan fingerprint density at radius 1 is 1.14 bits per heavy atom. The van der Waals surface area contributed by atoms with Crippen LogP contribution in [0.1, 0.15) is 23.1 Å². The summed E-state index contributed by atoms with van der Waals surface area (Å²) in [6, 6.07) is 5.23. The van der Waals surface area contributed by atoms with E-state index < -0.39 is 23.7 Å². The largest absolute Gasteiger partial charge is 0.369 e. The third-order valence-electron chi connectivity index (χ3n) is 4.75. The van der Waals surface area contributed by atoms with E-state index in [0.717, 1.165) is 11.1 Å². The number of likely N-dealkylation sites (N-methyl/N-ethyl adjacent to an activating group) is 1. The molecule has 0 fully saturated rings. The quantitative estimate of drug-likeness (QED) is 0.706. The number of aliphatic imine (C=N–C) groups is 1. The minimum Gasteiger partial charge on any atom is -0.369 e. The second-order valence-corrected chi connectivity index (χ2v) is 7.30. The number of halogens is 3. The Morgan fingerprint density at radius 3 is 2.55 bits per heavy atom. The Bertz CT molecular complexity index is 1120. The number of nitrogens with zero attached hydrogens (tertiary/aromatic N) is 4. The summed E-state index contributed by atoms with van der Waals surface area (Å²) in [6.45, 7) is 0. The second kappa shape index (κ2) is 6.96. The van der Waals surface area contributed by atoms with E-state index in [1.165, 1.54) is 55.0 Å². The molecule has 2 N–H and O–H groups in total. The Morgan fingerprint density at radius 2 is 1.93 bits per heavy atom.